The molecule has 98 valence electrons. The highest BCUT2D eigenvalue weighted by molar-refractivity contribution is 5.94. The molecule has 0 spiro atoms. The first-order chi connectivity index (χ1) is 8.28. The first kappa shape index (κ1) is 14.0. The van der Waals surface area contributed by atoms with Crippen LogP contribution in [0, 0.1) is 0 Å². The number of nitrogens with zero attached hydrogens (tertiary/aromatic N) is 1. The Kier molecular flexibility index (Phi) is 4.25. The van der Waals surface area contributed by atoms with Crippen molar-refractivity contribution < 1.29 is 14.3 Å². The molecule has 6 heteroatoms. The second-order valence-electron chi connectivity index (χ2n) is 4.74. The van der Waals surface area contributed by atoms with Gasteiger partial charge in [0.2, 0.25) is 0 Å². The van der Waals surface area contributed by atoms with Crippen LogP contribution in [0.1, 0.15) is 38.1 Å². The fourth-order valence-corrected chi connectivity index (χ4v) is 1.14. The second kappa shape index (κ2) is 5.48. The number of hydrogen-bond donors (Lipinski definition) is 2. The number of carbonyl (C=O) groups is 2. The van der Waals surface area contributed by atoms with Crippen LogP contribution in [0.3, 0.4) is 0 Å². The number of hydrazine groups is 1. The van der Waals surface area contributed by atoms with Crippen molar-refractivity contribution in [2.75, 3.05) is 5.43 Å². The van der Waals surface area contributed by atoms with Gasteiger partial charge in [0, 0.05) is 11.8 Å². The van der Waals surface area contributed by atoms with E-state index in [2.05, 4.69) is 15.8 Å². The molecule has 0 atom stereocenters. The molecular formula is C12H17N3O3. The van der Waals surface area contributed by atoms with Crippen LogP contribution in [0.5, 0.6) is 0 Å². The molecule has 1 aromatic rings. The highest BCUT2D eigenvalue weighted by Crippen LogP contribution is 2.08. The van der Waals surface area contributed by atoms with E-state index in [4.69, 9.17) is 4.74 Å². The molecule has 1 aromatic heterocycles. The zero-order valence-electron chi connectivity index (χ0n) is 10.9. The second-order valence-corrected chi connectivity index (χ2v) is 4.74. The first-order valence-corrected chi connectivity index (χ1v) is 5.50. The van der Waals surface area contributed by atoms with E-state index in [-0.39, 0.29) is 5.78 Å². The van der Waals surface area contributed by atoms with Gasteiger partial charge in [-0.1, -0.05) is 0 Å². The molecule has 0 aliphatic carbocycles. The normalized spacial score (nSPS) is 10.7. The van der Waals surface area contributed by atoms with Crippen molar-refractivity contribution in [2.24, 2.45) is 0 Å². The summed E-state index contributed by atoms with van der Waals surface area (Å²) in [5.41, 5.74) is 4.85. The van der Waals surface area contributed by atoms with E-state index in [1.807, 2.05) is 0 Å². The van der Waals surface area contributed by atoms with Crippen molar-refractivity contribution in [3.63, 3.8) is 0 Å². The van der Waals surface area contributed by atoms with Crippen LogP contribution in [-0.2, 0) is 4.74 Å². The third-order valence-electron chi connectivity index (χ3n) is 1.86. The van der Waals surface area contributed by atoms with Gasteiger partial charge in [0.1, 0.15) is 11.4 Å². The van der Waals surface area contributed by atoms with E-state index in [0.717, 1.165) is 0 Å². The Balaban J connectivity index is 2.56. The molecule has 0 saturated heterocycles. The van der Waals surface area contributed by atoms with Crippen molar-refractivity contribution in [2.45, 2.75) is 33.3 Å². The van der Waals surface area contributed by atoms with Gasteiger partial charge in [-0.2, -0.15) is 0 Å². The summed E-state index contributed by atoms with van der Waals surface area (Å²) in [7, 11) is 0. The maximum Gasteiger partial charge on any atom is 0.426 e. The van der Waals surface area contributed by atoms with Crippen molar-refractivity contribution in [3.8, 4) is 0 Å². The van der Waals surface area contributed by atoms with E-state index in [0.29, 0.717) is 11.4 Å². The third-order valence-corrected chi connectivity index (χ3v) is 1.86. The summed E-state index contributed by atoms with van der Waals surface area (Å²) >= 11 is 0. The SMILES string of the molecule is CC(=O)c1ccnc(NNC(=O)OC(C)(C)C)c1. The minimum atomic E-state index is -0.613. The molecule has 0 unspecified atom stereocenters. The highest BCUT2D eigenvalue weighted by Gasteiger charge is 2.15. The Morgan fingerprint density at radius 3 is 2.56 bits per heavy atom. The topological polar surface area (TPSA) is 80.3 Å². The van der Waals surface area contributed by atoms with Gasteiger partial charge in [0.15, 0.2) is 5.78 Å². The molecule has 0 saturated carbocycles. The molecule has 0 fully saturated rings. The molecule has 1 heterocycles. The zero-order chi connectivity index (χ0) is 13.8. The van der Waals surface area contributed by atoms with E-state index in [1.165, 1.54) is 13.1 Å². The van der Waals surface area contributed by atoms with Crippen LogP contribution in [0.25, 0.3) is 0 Å². The Morgan fingerprint density at radius 1 is 1.33 bits per heavy atom. The monoisotopic (exact) mass is 251 g/mol. The fraction of sp³-hybridized carbons (Fsp3) is 0.417. The Morgan fingerprint density at radius 2 is 2.00 bits per heavy atom. The molecule has 0 aliphatic heterocycles. The lowest BCUT2D eigenvalue weighted by atomic mass is 10.2. The van der Waals surface area contributed by atoms with Crippen LogP contribution in [0.4, 0.5) is 10.6 Å². The summed E-state index contributed by atoms with van der Waals surface area (Å²) in [6.07, 6.45) is 0.869. The number of ether oxygens (including phenoxy) is 1. The third kappa shape index (κ3) is 4.82. The summed E-state index contributed by atoms with van der Waals surface area (Å²) in [6.45, 7) is 6.75. The van der Waals surface area contributed by atoms with E-state index < -0.39 is 11.7 Å². The number of rotatable bonds is 3. The molecule has 6 nitrogen and oxygen atoms in total. The number of Topliss-reactive ketones (excluding diaryl/α,β-unsaturated/α-hetero) is 1. The Labute approximate surface area is 106 Å². The lowest BCUT2D eigenvalue weighted by Crippen LogP contribution is -2.36. The van der Waals surface area contributed by atoms with Gasteiger partial charge in [-0.3, -0.25) is 10.2 Å². The number of anilines is 1. The van der Waals surface area contributed by atoms with Gasteiger partial charge in [0.05, 0.1) is 0 Å². The maximum absolute atomic E-state index is 11.4. The van der Waals surface area contributed by atoms with E-state index in [1.54, 1.807) is 32.9 Å². The lowest BCUT2D eigenvalue weighted by Gasteiger charge is -2.19. The first-order valence-electron chi connectivity index (χ1n) is 5.50. The summed E-state index contributed by atoms with van der Waals surface area (Å²) < 4.78 is 5.03. The molecule has 0 aromatic carbocycles. The van der Waals surface area contributed by atoms with Crippen molar-refractivity contribution in [3.05, 3.63) is 23.9 Å². The quantitative estimate of drug-likeness (QED) is 0.635. The molecule has 0 aliphatic rings. The smallest absolute Gasteiger partial charge is 0.426 e. The predicted octanol–water partition coefficient (Wildman–Crippen LogP) is 2.14. The van der Waals surface area contributed by atoms with E-state index >= 15 is 0 Å². The van der Waals surface area contributed by atoms with Gasteiger partial charge in [-0.05, 0) is 39.8 Å². The Bertz CT molecular complexity index is 452. The largest absolute Gasteiger partial charge is 0.443 e. The Hall–Kier alpha value is -2.11. The molecule has 18 heavy (non-hydrogen) atoms. The molecule has 0 bridgehead atoms. The van der Waals surface area contributed by atoms with Gasteiger partial charge < -0.3 is 4.74 Å². The number of aromatic nitrogens is 1. The van der Waals surface area contributed by atoms with Gasteiger partial charge in [0.25, 0.3) is 0 Å². The van der Waals surface area contributed by atoms with Crippen molar-refractivity contribution in [1.29, 1.82) is 0 Å². The summed E-state index contributed by atoms with van der Waals surface area (Å²) in [6, 6.07) is 3.14. The standard InChI is InChI=1S/C12H17N3O3/c1-8(16)9-5-6-13-10(7-9)14-15-11(17)18-12(2,3)4/h5-7H,1-4H3,(H,13,14)(H,15,17). The maximum atomic E-state index is 11.4. The molecule has 2 N–H and O–H groups in total. The van der Waals surface area contributed by atoms with Crippen molar-refractivity contribution in [1.82, 2.24) is 10.4 Å². The fourth-order valence-electron chi connectivity index (χ4n) is 1.14. The minimum absolute atomic E-state index is 0.0716. The number of ketones is 1. The highest BCUT2D eigenvalue weighted by atomic mass is 16.6. The number of carbonyl (C=O) groups excluding carboxylic acids is 2. The lowest BCUT2D eigenvalue weighted by molar-refractivity contribution is 0.0540. The number of pyridine rings is 1. The van der Waals surface area contributed by atoms with E-state index in [9.17, 15) is 9.59 Å². The van der Waals surface area contributed by atoms with Crippen molar-refractivity contribution >= 4 is 17.7 Å². The summed E-state index contributed by atoms with van der Waals surface area (Å²) in [5.74, 6) is 0.297. The molecule has 1 rings (SSSR count). The number of nitrogens with one attached hydrogen (secondary N) is 2. The van der Waals surface area contributed by atoms with Crippen LogP contribution >= 0.6 is 0 Å². The van der Waals surface area contributed by atoms with Gasteiger partial charge in [-0.25, -0.2) is 15.2 Å². The minimum Gasteiger partial charge on any atom is -0.443 e. The van der Waals surface area contributed by atoms with Crippen LogP contribution in [0.2, 0.25) is 0 Å². The summed E-state index contributed by atoms with van der Waals surface area (Å²) in [5, 5.41) is 0. The van der Waals surface area contributed by atoms with Crippen LogP contribution in [-0.4, -0.2) is 22.5 Å². The van der Waals surface area contributed by atoms with Gasteiger partial charge >= 0.3 is 6.09 Å². The van der Waals surface area contributed by atoms with Crippen LogP contribution in [0.15, 0.2) is 18.3 Å². The number of amides is 1. The zero-order valence-corrected chi connectivity index (χ0v) is 10.9. The molecule has 1 amide bonds. The van der Waals surface area contributed by atoms with Gasteiger partial charge in [-0.15, -0.1) is 0 Å². The van der Waals surface area contributed by atoms with Crippen LogP contribution < -0.4 is 10.9 Å². The summed E-state index contributed by atoms with van der Waals surface area (Å²) in [4.78, 5) is 26.5. The average molecular weight is 251 g/mol. The molecule has 0 radical (unpaired) electrons. The average Bonchev–Trinajstić information content (AvgIpc) is 2.24. The molecular weight excluding hydrogens is 234 g/mol. The predicted molar refractivity (Wildman–Crippen MR) is 67.2 cm³/mol. The number of hydrogen-bond acceptors (Lipinski definition) is 5.